The van der Waals surface area contributed by atoms with Crippen molar-refractivity contribution in [2.45, 2.75) is 44.3 Å². The predicted molar refractivity (Wildman–Crippen MR) is 241 cm³/mol. The molecule has 1 unspecified atom stereocenters. The number of piperidine rings is 2. The highest BCUT2D eigenvalue weighted by Gasteiger charge is 2.40. The van der Waals surface area contributed by atoms with Crippen molar-refractivity contribution >= 4 is 85.5 Å². The Hall–Kier alpha value is -6.02. The fourth-order valence-electron chi connectivity index (χ4n) is 8.65. The lowest BCUT2D eigenvalue weighted by molar-refractivity contribution is -0.137. The fourth-order valence-corrected chi connectivity index (χ4v) is 9.30. The minimum absolute atomic E-state index is 0.158. The molecule has 0 bridgehead atoms. The maximum absolute atomic E-state index is 13.3. The summed E-state index contributed by atoms with van der Waals surface area (Å²) in [5.41, 5.74) is 4.34. The van der Waals surface area contributed by atoms with Gasteiger partial charge in [-0.15, -0.1) is 0 Å². The Morgan fingerprint density at radius 3 is 2.41 bits per heavy atom. The molecule has 4 amide bonds. The zero-order valence-corrected chi connectivity index (χ0v) is 36.8. The van der Waals surface area contributed by atoms with Crippen LogP contribution in [-0.2, 0) is 31.0 Å². The highest BCUT2D eigenvalue weighted by atomic mass is 35.5. The number of piperazine rings is 1. The van der Waals surface area contributed by atoms with Gasteiger partial charge in [0.15, 0.2) is 5.82 Å². The van der Waals surface area contributed by atoms with Crippen molar-refractivity contribution in [1.82, 2.24) is 30.0 Å². The number of nitrogens with one attached hydrogen (secondary N) is 4. The molecule has 3 aromatic carbocycles. The van der Waals surface area contributed by atoms with Crippen LogP contribution in [0.15, 0.2) is 66.9 Å². The summed E-state index contributed by atoms with van der Waals surface area (Å²) in [7, 11) is -0.426. The number of rotatable bonds is 13. The molecule has 5 heterocycles. The summed E-state index contributed by atoms with van der Waals surface area (Å²) in [5.74, 6) is -0.0679. The Kier molecular flexibility index (Phi) is 12.7. The third-order valence-corrected chi connectivity index (χ3v) is 13.6. The van der Waals surface area contributed by atoms with Gasteiger partial charge in [-0.1, -0.05) is 29.8 Å². The van der Waals surface area contributed by atoms with Gasteiger partial charge in [-0.2, -0.15) is 4.98 Å². The zero-order chi connectivity index (χ0) is 44.4. The predicted octanol–water partition coefficient (Wildman–Crippen LogP) is 4.01. The molecule has 4 aliphatic heterocycles. The average Bonchev–Trinajstić information content (AvgIpc) is 3.61. The molecule has 8 rings (SSSR count). The van der Waals surface area contributed by atoms with E-state index in [2.05, 4.69) is 45.9 Å². The van der Waals surface area contributed by atoms with E-state index in [0.717, 1.165) is 64.1 Å². The standard InChI is InChI=1S/C43H50ClN11O7S/c1-51(63(3,60)61)35-10-5-4-8-33(35)47-40-31(44)24-45-43(50-40)48-34-12-11-28(23-37(34)62-2)53-17-15-27(16-18-53)54-21-19-52(20-22-54)26-39(57)46-32-9-6-7-29-30(32)25-55(42(29)59)36-13-14-38(56)49-41(36)58/h4-12,23-24,27,36H,13-22,25-26H2,1-3H3,(H,46,57)(H,49,56,58)(H2,45,47,48,50). The van der Waals surface area contributed by atoms with Crippen LogP contribution in [0, 0.1) is 0 Å². The lowest BCUT2D eigenvalue weighted by Gasteiger charge is -2.43. The molecule has 20 heteroatoms. The van der Waals surface area contributed by atoms with Gasteiger partial charge in [-0.05, 0) is 55.7 Å². The van der Waals surface area contributed by atoms with E-state index in [4.69, 9.17) is 16.3 Å². The zero-order valence-electron chi connectivity index (χ0n) is 35.3. The maximum atomic E-state index is 13.3. The number of carbonyl (C=O) groups excluding carboxylic acids is 4. The van der Waals surface area contributed by atoms with Crippen molar-refractivity contribution in [2.75, 3.05) is 91.4 Å². The van der Waals surface area contributed by atoms with E-state index < -0.39 is 22.0 Å². The summed E-state index contributed by atoms with van der Waals surface area (Å²) in [5, 5.41) is 12.0. The molecular formula is C43H50ClN11O7S. The summed E-state index contributed by atoms with van der Waals surface area (Å²) in [6.07, 6.45) is 5.04. The molecule has 1 aromatic heterocycles. The second kappa shape index (κ2) is 18.4. The van der Waals surface area contributed by atoms with Gasteiger partial charge in [0.2, 0.25) is 33.7 Å². The molecule has 3 saturated heterocycles. The lowest BCUT2D eigenvalue weighted by Crippen LogP contribution is -2.54. The summed E-state index contributed by atoms with van der Waals surface area (Å²) in [6, 6.07) is 17.8. The molecule has 4 aromatic rings. The van der Waals surface area contributed by atoms with Crippen LogP contribution in [0.25, 0.3) is 0 Å². The Bertz CT molecular complexity index is 2530. The number of carbonyl (C=O) groups is 4. The molecule has 332 valence electrons. The van der Waals surface area contributed by atoms with Gasteiger partial charge >= 0.3 is 0 Å². The molecular weight excluding hydrogens is 850 g/mol. The van der Waals surface area contributed by atoms with E-state index in [1.54, 1.807) is 49.6 Å². The third kappa shape index (κ3) is 9.65. The summed E-state index contributed by atoms with van der Waals surface area (Å²) in [6.45, 7) is 5.41. The highest BCUT2D eigenvalue weighted by molar-refractivity contribution is 7.92. The first-order valence-corrected chi connectivity index (χ1v) is 23.0. The lowest BCUT2D eigenvalue weighted by atomic mass is 10.0. The smallest absolute Gasteiger partial charge is 0.255 e. The normalized spacial score (nSPS) is 18.8. The Labute approximate surface area is 371 Å². The van der Waals surface area contributed by atoms with E-state index in [1.165, 1.54) is 22.4 Å². The number of ether oxygens (including phenoxy) is 1. The van der Waals surface area contributed by atoms with E-state index in [-0.39, 0.29) is 54.6 Å². The minimum Gasteiger partial charge on any atom is -0.494 e. The maximum Gasteiger partial charge on any atom is 0.255 e. The van der Waals surface area contributed by atoms with Crippen LogP contribution in [0.1, 0.15) is 41.6 Å². The number of nitrogens with zero attached hydrogens (tertiary/aromatic N) is 7. The molecule has 0 aliphatic carbocycles. The molecule has 0 saturated carbocycles. The van der Waals surface area contributed by atoms with Crippen LogP contribution in [-0.4, -0.2) is 135 Å². The second-order valence-electron chi connectivity index (χ2n) is 16.1. The van der Waals surface area contributed by atoms with Gasteiger partial charge in [0, 0.05) is 93.9 Å². The van der Waals surface area contributed by atoms with Gasteiger partial charge in [0.25, 0.3) is 5.91 Å². The Morgan fingerprint density at radius 1 is 0.937 bits per heavy atom. The number of amides is 4. The first kappa shape index (κ1) is 43.6. The molecule has 1 atom stereocenters. The number of sulfonamides is 1. The number of halogens is 1. The first-order chi connectivity index (χ1) is 30.2. The van der Waals surface area contributed by atoms with Crippen molar-refractivity contribution in [2.24, 2.45) is 0 Å². The van der Waals surface area contributed by atoms with Crippen LogP contribution in [0.4, 0.5) is 40.2 Å². The molecule has 3 fully saturated rings. The van der Waals surface area contributed by atoms with Crippen LogP contribution in [0.3, 0.4) is 0 Å². The van der Waals surface area contributed by atoms with Gasteiger partial charge in [0.1, 0.15) is 16.8 Å². The quantitative estimate of drug-likeness (QED) is 0.140. The van der Waals surface area contributed by atoms with Crippen LogP contribution >= 0.6 is 11.6 Å². The molecule has 4 aliphatic rings. The Morgan fingerprint density at radius 2 is 1.68 bits per heavy atom. The second-order valence-corrected chi connectivity index (χ2v) is 18.5. The van der Waals surface area contributed by atoms with Crippen LogP contribution < -0.4 is 35.2 Å². The number of benzene rings is 3. The summed E-state index contributed by atoms with van der Waals surface area (Å²) in [4.78, 5) is 68.1. The largest absolute Gasteiger partial charge is 0.494 e. The SMILES string of the molecule is COc1cc(N2CCC(N3CCN(CC(=O)Nc4cccc5c4CN(C4CCC(=O)NC4=O)C5=O)CC3)CC2)ccc1Nc1ncc(Cl)c(Nc2ccccc2N(C)S(C)(=O)=O)n1. The van der Waals surface area contributed by atoms with Crippen LogP contribution in [0.5, 0.6) is 5.75 Å². The Balaban J connectivity index is 0.814. The topological polar surface area (TPSA) is 202 Å². The molecule has 0 spiro atoms. The summed E-state index contributed by atoms with van der Waals surface area (Å²) >= 11 is 6.47. The summed E-state index contributed by atoms with van der Waals surface area (Å²) < 4.78 is 31.5. The highest BCUT2D eigenvalue weighted by Crippen LogP contribution is 2.36. The number of methoxy groups -OCH3 is 1. The van der Waals surface area contributed by atoms with Gasteiger partial charge in [-0.3, -0.25) is 38.6 Å². The van der Waals surface area contributed by atoms with Crippen molar-refractivity contribution < 1.29 is 32.3 Å². The molecule has 18 nitrogen and oxygen atoms in total. The van der Waals surface area contributed by atoms with Crippen molar-refractivity contribution in [1.29, 1.82) is 0 Å². The number of hydrogen-bond acceptors (Lipinski definition) is 14. The van der Waals surface area contributed by atoms with Gasteiger partial charge in [0.05, 0.1) is 43.2 Å². The third-order valence-electron chi connectivity index (χ3n) is 12.1. The number of fused-ring (bicyclic) bond motifs is 1. The first-order valence-electron chi connectivity index (χ1n) is 20.8. The average molecular weight is 900 g/mol. The number of para-hydroxylation sites is 2. The molecule has 4 N–H and O–H groups in total. The molecule has 0 radical (unpaired) electrons. The van der Waals surface area contributed by atoms with E-state index in [9.17, 15) is 27.6 Å². The van der Waals surface area contributed by atoms with Gasteiger partial charge in [-0.25, -0.2) is 13.4 Å². The van der Waals surface area contributed by atoms with Crippen molar-refractivity contribution in [3.8, 4) is 5.75 Å². The van der Waals surface area contributed by atoms with Gasteiger partial charge < -0.3 is 30.5 Å². The van der Waals surface area contributed by atoms with Crippen LogP contribution in [0.2, 0.25) is 5.02 Å². The number of imide groups is 1. The van der Waals surface area contributed by atoms with E-state index in [0.29, 0.717) is 51.5 Å². The minimum atomic E-state index is -3.51. The van der Waals surface area contributed by atoms with Crippen molar-refractivity contribution in [3.05, 3.63) is 83.0 Å². The van der Waals surface area contributed by atoms with E-state index in [1.807, 2.05) is 18.2 Å². The number of hydrogen-bond donors (Lipinski definition) is 4. The molecule has 63 heavy (non-hydrogen) atoms. The number of aromatic nitrogens is 2. The monoisotopic (exact) mass is 899 g/mol. The number of anilines is 7. The fraction of sp³-hybridized carbons (Fsp3) is 0.395. The van der Waals surface area contributed by atoms with Crippen molar-refractivity contribution in [3.63, 3.8) is 0 Å². The van der Waals surface area contributed by atoms with E-state index >= 15 is 0 Å².